The lowest BCUT2D eigenvalue weighted by Gasteiger charge is -2.25. The van der Waals surface area contributed by atoms with Gasteiger partial charge in [-0.3, -0.25) is 9.59 Å². The number of likely N-dealkylation sites (N-methyl/N-ethyl adjacent to an activating group) is 1. The molecule has 0 spiro atoms. The molecule has 1 aliphatic rings. The van der Waals surface area contributed by atoms with E-state index >= 15 is 0 Å². The van der Waals surface area contributed by atoms with Gasteiger partial charge in [-0.05, 0) is 29.1 Å². The smallest absolute Gasteiger partial charge is 0.262 e. The van der Waals surface area contributed by atoms with Gasteiger partial charge in [0.15, 0.2) is 11.5 Å². The summed E-state index contributed by atoms with van der Waals surface area (Å²) in [5.74, 6) is 0.920. The molecule has 0 bridgehead atoms. The van der Waals surface area contributed by atoms with Gasteiger partial charge in [0.1, 0.15) is 6.54 Å². The van der Waals surface area contributed by atoms with E-state index in [0.717, 1.165) is 16.2 Å². The normalized spacial score (nSPS) is 15.8. The molecule has 2 heterocycles. The van der Waals surface area contributed by atoms with Gasteiger partial charge in [-0.15, -0.1) is 11.3 Å². The first-order chi connectivity index (χ1) is 14.0. The molecule has 0 saturated heterocycles. The van der Waals surface area contributed by atoms with Crippen molar-refractivity contribution in [2.45, 2.75) is 25.8 Å². The van der Waals surface area contributed by atoms with Gasteiger partial charge >= 0.3 is 0 Å². The van der Waals surface area contributed by atoms with Crippen molar-refractivity contribution >= 4 is 28.9 Å². The highest BCUT2D eigenvalue weighted by Gasteiger charge is 2.34. The van der Waals surface area contributed by atoms with E-state index in [1.54, 1.807) is 39.5 Å². The largest absolute Gasteiger partial charge is 0.493 e. The molecule has 154 valence electrons. The zero-order valence-corrected chi connectivity index (χ0v) is 17.9. The SMILES string of the molecule is CCC(=O)N(C)CC(=O)N1N=C(c2cccs2)CC1c1ccc(OC)c(OC)c1. The third-order valence-corrected chi connectivity index (χ3v) is 5.78. The molecule has 1 aromatic carbocycles. The highest BCUT2D eigenvalue weighted by molar-refractivity contribution is 7.12. The Morgan fingerprint density at radius 3 is 2.62 bits per heavy atom. The van der Waals surface area contributed by atoms with Crippen molar-refractivity contribution in [3.8, 4) is 11.5 Å². The summed E-state index contributed by atoms with van der Waals surface area (Å²) in [5, 5.41) is 8.11. The van der Waals surface area contributed by atoms with Crippen molar-refractivity contribution in [3.63, 3.8) is 0 Å². The number of hydrogen-bond acceptors (Lipinski definition) is 6. The Labute approximate surface area is 174 Å². The van der Waals surface area contributed by atoms with Crippen LogP contribution in [0.25, 0.3) is 0 Å². The molecule has 0 aliphatic carbocycles. The number of thiophene rings is 1. The van der Waals surface area contributed by atoms with Crippen molar-refractivity contribution in [1.82, 2.24) is 9.91 Å². The van der Waals surface area contributed by atoms with Crippen LogP contribution in [0.4, 0.5) is 0 Å². The molecule has 1 aliphatic heterocycles. The summed E-state index contributed by atoms with van der Waals surface area (Å²) in [5.41, 5.74) is 1.76. The second kappa shape index (κ2) is 9.09. The topological polar surface area (TPSA) is 71.4 Å². The van der Waals surface area contributed by atoms with Crippen LogP contribution in [0.2, 0.25) is 0 Å². The molecule has 29 heavy (non-hydrogen) atoms. The van der Waals surface area contributed by atoms with Crippen molar-refractivity contribution in [2.24, 2.45) is 5.10 Å². The van der Waals surface area contributed by atoms with Crippen LogP contribution in [0.5, 0.6) is 11.5 Å². The Morgan fingerprint density at radius 1 is 1.24 bits per heavy atom. The molecule has 0 N–H and O–H groups in total. The van der Waals surface area contributed by atoms with Crippen LogP contribution in [0, 0.1) is 0 Å². The van der Waals surface area contributed by atoms with Crippen LogP contribution in [-0.4, -0.2) is 55.2 Å². The third kappa shape index (κ3) is 4.42. The van der Waals surface area contributed by atoms with E-state index in [2.05, 4.69) is 5.10 Å². The lowest BCUT2D eigenvalue weighted by molar-refractivity contribution is -0.140. The number of ether oxygens (including phenoxy) is 2. The highest BCUT2D eigenvalue weighted by Crippen LogP contribution is 2.37. The predicted octanol–water partition coefficient (Wildman–Crippen LogP) is 3.31. The number of carbonyl (C=O) groups is 2. The number of hydrogen-bond donors (Lipinski definition) is 0. The number of hydrazone groups is 1. The maximum Gasteiger partial charge on any atom is 0.262 e. The van der Waals surface area contributed by atoms with Gasteiger partial charge in [-0.2, -0.15) is 5.10 Å². The Hall–Kier alpha value is -2.87. The average molecular weight is 416 g/mol. The van der Waals surface area contributed by atoms with Crippen molar-refractivity contribution < 1.29 is 19.1 Å². The predicted molar refractivity (Wildman–Crippen MR) is 113 cm³/mol. The first-order valence-electron chi connectivity index (χ1n) is 9.37. The molecular weight excluding hydrogens is 390 g/mol. The summed E-state index contributed by atoms with van der Waals surface area (Å²) >= 11 is 1.59. The molecule has 2 amide bonds. The molecule has 0 radical (unpaired) electrons. The standard InChI is InChI=1S/C21H25N3O4S/c1-5-20(25)23(2)13-21(26)24-16(12-15(22-24)19-7-6-10-29-19)14-8-9-17(27-3)18(11-14)28-4/h6-11,16H,5,12-13H2,1-4H3. The summed E-state index contributed by atoms with van der Waals surface area (Å²) in [7, 11) is 4.80. The van der Waals surface area contributed by atoms with Crippen LogP contribution in [-0.2, 0) is 9.59 Å². The fraction of sp³-hybridized carbons (Fsp3) is 0.381. The van der Waals surface area contributed by atoms with Gasteiger partial charge in [-0.1, -0.05) is 19.1 Å². The second-order valence-corrected chi connectivity index (χ2v) is 7.65. The summed E-state index contributed by atoms with van der Waals surface area (Å²) in [6.07, 6.45) is 0.944. The molecule has 8 heteroatoms. The summed E-state index contributed by atoms with van der Waals surface area (Å²) in [6, 6.07) is 9.30. The Balaban J connectivity index is 1.92. The summed E-state index contributed by atoms with van der Waals surface area (Å²) in [6.45, 7) is 1.76. The van der Waals surface area contributed by atoms with Crippen molar-refractivity contribution in [1.29, 1.82) is 0 Å². The summed E-state index contributed by atoms with van der Waals surface area (Å²) < 4.78 is 10.7. The van der Waals surface area contributed by atoms with Gasteiger partial charge in [0.05, 0.1) is 30.9 Å². The molecule has 3 rings (SSSR count). The Morgan fingerprint density at radius 2 is 2.00 bits per heavy atom. The van der Waals surface area contributed by atoms with Crippen LogP contribution in [0.15, 0.2) is 40.8 Å². The molecule has 0 saturated carbocycles. The minimum absolute atomic E-state index is 0.0162. The molecule has 2 aromatic rings. The molecule has 1 aromatic heterocycles. The van der Waals surface area contributed by atoms with Crippen LogP contribution < -0.4 is 9.47 Å². The molecular formula is C21H25N3O4S. The zero-order chi connectivity index (χ0) is 21.0. The maximum absolute atomic E-state index is 13.0. The number of carbonyl (C=O) groups excluding carboxylic acids is 2. The highest BCUT2D eigenvalue weighted by atomic mass is 32.1. The number of rotatable bonds is 7. The molecule has 0 fully saturated rings. The fourth-order valence-electron chi connectivity index (χ4n) is 3.28. The van der Waals surface area contributed by atoms with E-state index in [1.165, 1.54) is 9.91 Å². The van der Waals surface area contributed by atoms with E-state index < -0.39 is 0 Å². The maximum atomic E-state index is 13.0. The van der Waals surface area contributed by atoms with Gasteiger partial charge in [0.25, 0.3) is 5.91 Å². The van der Waals surface area contributed by atoms with Crippen LogP contribution >= 0.6 is 11.3 Å². The van der Waals surface area contributed by atoms with Crippen LogP contribution in [0.3, 0.4) is 0 Å². The van der Waals surface area contributed by atoms with E-state index in [-0.39, 0.29) is 24.4 Å². The van der Waals surface area contributed by atoms with E-state index in [0.29, 0.717) is 24.3 Å². The second-order valence-electron chi connectivity index (χ2n) is 6.70. The van der Waals surface area contributed by atoms with Gasteiger partial charge in [-0.25, -0.2) is 5.01 Å². The quantitative estimate of drug-likeness (QED) is 0.696. The Bertz CT molecular complexity index is 911. The number of methoxy groups -OCH3 is 2. The minimum Gasteiger partial charge on any atom is -0.493 e. The number of nitrogens with zero attached hydrogens (tertiary/aromatic N) is 3. The fourth-order valence-corrected chi connectivity index (χ4v) is 4.01. The number of amides is 2. The lowest BCUT2D eigenvalue weighted by atomic mass is 10.0. The van der Waals surface area contributed by atoms with E-state index in [9.17, 15) is 9.59 Å². The van der Waals surface area contributed by atoms with E-state index in [1.807, 2.05) is 35.7 Å². The molecule has 1 atom stereocenters. The molecule has 7 nitrogen and oxygen atoms in total. The van der Waals surface area contributed by atoms with Crippen molar-refractivity contribution in [3.05, 3.63) is 46.2 Å². The third-order valence-electron chi connectivity index (χ3n) is 4.86. The number of benzene rings is 1. The average Bonchev–Trinajstić information content (AvgIpc) is 3.42. The van der Waals surface area contributed by atoms with Crippen molar-refractivity contribution in [2.75, 3.05) is 27.8 Å². The Kier molecular flexibility index (Phi) is 6.53. The van der Waals surface area contributed by atoms with E-state index in [4.69, 9.17) is 9.47 Å². The first-order valence-corrected chi connectivity index (χ1v) is 10.3. The lowest BCUT2D eigenvalue weighted by Crippen LogP contribution is -2.39. The first kappa shape index (κ1) is 20.9. The van der Waals surface area contributed by atoms with Gasteiger partial charge in [0.2, 0.25) is 5.91 Å². The summed E-state index contributed by atoms with van der Waals surface area (Å²) in [4.78, 5) is 27.4. The van der Waals surface area contributed by atoms with Gasteiger partial charge < -0.3 is 14.4 Å². The monoisotopic (exact) mass is 415 g/mol. The minimum atomic E-state index is -0.274. The van der Waals surface area contributed by atoms with Gasteiger partial charge in [0, 0.05) is 19.9 Å². The zero-order valence-electron chi connectivity index (χ0n) is 17.0. The molecule has 1 unspecified atom stereocenters. The van der Waals surface area contributed by atoms with Crippen LogP contribution in [0.1, 0.15) is 36.2 Å².